The molecule has 0 radical (unpaired) electrons. The lowest BCUT2D eigenvalue weighted by Crippen LogP contribution is -2.50. The molecule has 2 aromatic rings. The number of rotatable bonds is 3. The second-order valence-electron chi connectivity index (χ2n) is 7.42. The number of fused-ring (bicyclic) bond motifs is 1. The Bertz CT molecular complexity index is 726. The first-order valence-electron chi connectivity index (χ1n) is 9.36. The van der Waals surface area contributed by atoms with Gasteiger partial charge in [0, 0.05) is 25.2 Å². The lowest BCUT2D eigenvalue weighted by Gasteiger charge is -2.41. The fraction of sp³-hybridized carbons (Fsp3) is 0.579. The molecule has 6 nitrogen and oxygen atoms in total. The highest BCUT2D eigenvalue weighted by atomic mass is 16.1. The topological polar surface area (TPSA) is 64.3 Å². The van der Waals surface area contributed by atoms with Gasteiger partial charge in [0.25, 0.3) is 5.91 Å². The maximum absolute atomic E-state index is 12.7. The fourth-order valence-electron chi connectivity index (χ4n) is 4.18. The number of hydrogen-bond donors (Lipinski definition) is 2. The first-order chi connectivity index (χ1) is 12.2. The Kier molecular flexibility index (Phi) is 4.72. The van der Waals surface area contributed by atoms with Crippen LogP contribution in [0.2, 0.25) is 0 Å². The molecular formula is C19H27N5O. The Labute approximate surface area is 148 Å². The number of piperidine rings is 2. The molecule has 0 unspecified atom stereocenters. The molecule has 0 spiro atoms. The standard InChI is InChI=1S/C19H27N5O/c1-23-9-7-15(8-10-23)24-11-5-14(6-12-24)22-19(25)16-3-2-4-17-18(16)21-13-20-17/h2-4,13-15H,5-12H2,1H3,(H,20,21)(H,22,25). The van der Waals surface area contributed by atoms with E-state index >= 15 is 0 Å². The van der Waals surface area contributed by atoms with E-state index in [-0.39, 0.29) is 11.9 Å². The molecule has 0 bridgehead atoms. The molecule has 2 N–H and O–H groups in total. The minimum atomic E-state index is -0.00422. The van der Waals surface area contributed by atoms with Crippen molar-refractivity contribution in [1.29, 1.82) is 0 Å². The van der Waals surface area contributed by atoms with Crippen LogP contribution in [-0.2, 0) is 0 Å². The Balaban J connectivity index is 1.32. The predicted molar refractivity (Wildman–Crippen MR) is 98.7 cm³/mol. The number of para-hydroxylation sites is 1. The number of likely N-dealkylation sites (tertiary alicyclic amines) is 2. The molecule has 1 aromatic heterocycles. The third kappa shape index (κ3) is 3.55. The number of benzene rings is 1. The Morgan fingerprint density at radius 3 is 2.68 bits per heavy atom. The van der Waals surface area contributed by atoms with Crippen LogP contribution in [0.25, 0.3) is 11.0 Å². The van der Waals surface area contributed by atoms with E-state index in [1.165, 1.54) is 25.9 Å². The van der Waals surface area contributed by atoms with Crippen molar-refractivity contribution >= 4 is 16.9 Å². The molecule has 0 aliphatic carbocycles. The zero-order valence-electron chi connectivity index (χ0n) is 14.9. The SMILES string of the molecule is CN1CCC(N2CCC(NC(=O)c3cccc4[nH]cnc34)CC2)CC1. The molecular weight excluding hydrogens is 314 g/mol. The maximum atomic E-state index is 12.7. The highest BCUT2D eigenvalue weighted by Crippen LogP contribution is 2.21. The van der Waals surface area contributed by atoms with Crippen LogP contribution >= 0.6 is 0 Å². The summed E-state index contributed by atoms with van der Waals surface area (Å²) in [4.78, 5) is 25.1. The number of carbonyl (C=O) groups is 1. The summed E-state index contributed by atoms with van der Waals surface area (Å²) in [5, 5.41) is 3.22. The van der Waals surface area contributed by atoms with Crippen molar-refractivity contribution in [3.8, 4) is 0 Å². The summed E-state index contributed by atoms with van der Waals surface area (Å²) in [6.45, 7) is 4.59. The lowest BCUT2D eigenvalue weighted by molar-refractivity contribution is 0.0808. The van der Waals surface area contributed by atoms with Crippen LogP contribution in [0.3, 0.4) is 0 Å². The zero-order chi connectivity index (χ0) is 17.2. The Morgan fingerprint density at radius 1 is 1.16 bits per heavy atom. The number of nitrogens with zero attached hydrogens (tertiary/aromatic N) is 3. The molecule has 134 valence electrons. The van der Waals surface area contributed by atoms with Gasteiger partial charge in [0.1, 0.15) is 5.52 Å². The number of carbonyl (C=O) groups excluding carboxylic acids is 1. The molecule has 0 atom stereocenters. The van der Waals surface area contributed by atoms with Gasteiger partial charge in [0.2, 0.25) is 0 Å². The van der Waals surface area contributed by atoms with Crippen molar-refractivity contribution in [3.63, 3.8) is 0 Å². The summed E-state index contributed by atoms with van der Waals surface area (Å²) in [5.41, 5.74) is 2.32. The molecule has 4 rings (SSSR count). The van der Waals surface area contributed by atoms with Crippen LogP contribution in [0, 0.1) is 0 Å². The number of hydrogen-bond acceptors (Lipinski definition) is 4. The quantitative estimate of drug-likeness (QED) is 0.894. The van der Waals surface area contributed by atoms with Crippen molar-refractivity contribution < 1.29 is 4.79 Å². The number of H-pyrrole nitrogens is 1. The Morgan fingerprint density at radius 2 is 1.92 bits per heavy atom. The van der Waals surface area contributed by atoms with Gasteiger partial charge < -0.3 is 20.1 Å². The molecule has 25 heavy (non-hydrogen) atoms. The highest BCUT2D eigenvalue weighted by Gasteiger charge is 2.28. The number of aromatic nitrogens is 2. The third-order valence-corrected chi connectivity index (χ3v) is 5.76. The van der Waals surface area contributed by atoms with Crippen LogP contribution < -0.4 is 5.32 Å². The van der Waals surface area contributed by atoms with Gasteiger partial charge >= 0.3 is 0 Å². The largest absolute Gasteiger partial charge is 0.349 e. The number of aromatic amines is 1. The second kappa shape index (κ2) is 7.14. The average molecular weight is 341 g/mol. The number of nitrogens with one attached hydrogen (secondary N) is 2. The molecule has 3 heterocycles. The van der Waals surface area contributed by atoms with Gasteiger partial charge in [-0.05, 0) is 58.0 Å². The maximum Gasteiger partial charge on any atom is 0.253 e. The number of imidazole rings is 1. The molecule has 1 amide bonds. The van der Waals surface area contributed by atoms with Gasteiger partial charge in [-0.25, -0.2) is 4.98 Å². The first-order valence-corrected chi connectivity index (χ1v) is 9.36. The zero-order valence-corrected chi connectivity index (χ0v) is 14.9. The summed E-state index contributed by atoms with van der Waals surface area (Å²) >= 11 is 0. The average Bonchev–Trinajstić information content (AvgIpc) is 3.12. The van der Waals surface area contributed by atoms with Gasteiger partial charge in [-0.15, -0.1) is 0 Å². The molecule has 0 saturated carbocycles. The molecule has 1 aromatic carbocycles. The summed E-state index contributed by atoms with van der Waals surface area (Å²) in [7, 11) is 2.21. The monoisotopic (exact) mass is 341 g/mol. The van der Waals surface area contributed by atoms with Gasteiger partial charge in [-0.2, -0.15) is 0 Å². The van der Waals surface area contributed by atoms with E-state index in [2.05, 4.69) is 32.1 Å². The van der Waals surface area contributed by atoms with E-state index in [9.17, 15) is 4.79 Å². The smallest absolute Gasteiger partial charge is 0.253 e. The second-order valence-corrected chi connectivity index (χ2v) is 7.42. The van der Waals surface area contributed by atoms with E-state index in [1.807, 2.05) is 18.2 Å². The first kappa shape index (κ1) is 16.5. The molecule has 6 heteroatoms. The van der Waals surface area contributed by atoms with Crippen molar-refractivity contribution in [2.45, 2.75) is 37.8 Å². The van der Waals surface area contributed by atoms with E-state index in [1.54, 1.807) is 6.33 Å². The lowest BCUT2D eigenvalue weighted by atomic mass is 9.98. The van der Waals surface area contributed by atoms with Crippen molar-refractivity contribution in [1.82, 2.24) is 25.1 Å². The van der Waals surface area contributed by atoms with Crippen LogP contribution in [-0.4, -0.2) is 71.0 Å². The van der Waals surface area contributed by atoms with Gasteiger partial charge in [-0.3, -0.25) is 4.79 Å². The van der Waals surface area contributed by atoms with Crippen molar-refractivity contribution in [2.75, 3.05) is 33.2 Å². The van der Waals surface area contributed by atoms with Gasteiger partial charge in [0.15, 0.2) is 0 Å². The Hall–Kier alpha value is -1.92. The minimum Gasteiger partial charge on any atom is -0.349 e. The van der Waals surface area contributed by atoms with Crippen LogP contribution in [0.15, 0.2) is 24.5 Å². The predicted octanol–water partition coefficient (Wildman–Crippen LogP) is 1.85. The molecule has 2 aliphatic rings. The van der Waals surface area contributed by atoms with Crippen molar-refractivity contribution in [3.05, 3.63) is 30.1 Å². The highest BCUT2D eigenvalue weighted by molar-refractivity contribution is 6.04. The summed E-state index contributed by atoms with van der Waals surface area (Å²) in [6.07, 6.45) is 6.26. The normalized spacial score (nSPS) is 21.6. The summed E-state index contributed by atoms with van der Waals surface area (Å²) < 4.78 is 0. The van der Waals surface area contributed by atoms with Gasteiger partial charge in [0.05, 0.1) is 17.4 Å². The van der Waals surface area contributed by atoms with E-state index in [0.29, 0.717) is 5.56 Å². The van der Waals surface area contributed by atoms with Crippen molar-refractivity contribution in [2.24, 2.45) is 0 Å². The van der Waals surface area contributed by atoms with E-state index < -0.39 is 0 Å². The van der Waals surface area contributed by atoms with Gasteiger partial charge in [-0.1, -0.05) is 6.07 Å². The summed E-state index contributed by atoms with van der Waals surface area (Å²) in [6, 6.07) is 6.69. The molecule has 2 saturated heterocycles. The van der Waals surface area contributed by atoms with Crippen LogP contribution in [0.5, 0.6) is 0 Å². The fourth-order valence-corrected chi connectivity index (χ4v) is 4.18. The van der Waals surface area contributed by atoms with E-state index in [0.717, 1.165) is 43.0 Å². The van der Waals surface area contributed by atoms with Crippen LogP contribution in [0.4, 0.5) is 0 Å². The third-order valence-electron chi connectivity index (χ3n) is 5.76. The number of amides is 1. The summed E-state index contributed by atoms with van der Waals surface area (Å²) in [5.74, 6) is -0.00422. The van der Waals surface area contributed by atoms with E-state index in [4.69, 9.17) is 0 Å². The van der Waals surface area contributed by atoms with Crippen LogP contribution in [0.1, 0.15) is 36.0 Å². The molecule has 2 fully saturated rings. The minimum absolute atomic E-state index is 0.00422. The molecule has 2 aliphatic heterocycles.